The van der Waals surface area contributed by atoms with Crippen molar-refractivity contribution in [3.8, 4) is 0 Å². The van der Waals surface area contributed by atoms with Crippen molar-refractivity contribution in [1.29, 1.82) is 0 Å². The molecule has 0 aliphatic rings. The van der Waals surface area contributed by atoms with E-state index in [1.807, 2.05) is 0 Å². The standard InChI is InChI=1S/C20H19ClN4O6S3/c1-20(2,18(26)27)33-19-23-13(12-32-19)9-10-24(14-7-8-17(21)22-11-14)34(30,31)16-6-4-3-5-15(16)25(28)29/h3-8,11-12H,9-10H2,1-2H3,(H,26,27). The lowest BCUT2D eigenvalue weighted by molar-refractivity contribution is -0.387. The number of rotatable bonds is 10. The number of halogens is 1. The first-order chi connectivity index (χ1) is 15.9. The van der Waals surface area contributed by atoms with Crippen molar-refractivity contribution in [2.45, 2.75) is 34.3 Å². The Morgan fingerprint density at radius 2 is 2.00 bits per heavy atom. The van der Waals surface area contributed by atoms with Gasteiger partial charge in [0, 0.05) is 24.4 Å². The zero-order valence-corrected chi connectivity index (χ0v) is 21.1. The van der Waals surface area contributed by atoms with E-state index >= 15 is 0 Å². The number of hydrogen-bond acceptors (Lipinski definition) is 9. The summed E-state index contributed by atoms with van der Waals surface area (Å²) in [5, 5.41) is 22.6. The first-order valence-corrected chi connectivity index (χ1v) is 13.2. The maximum absolute atomic E-state index is 13.5. The molecular weight excluding hydrogens is 524 g/mol. The van der Waals surface area contributed by atoms with E-state index in [9.17, 15) is 28.4 Å². The fourth-order valence-corrected chi connectivity index (χ4v) is 6.73. The number of aromatic nitrogens is 2. The van der Waals surface area contributed by atoms with E-state index in [4.69, 9.17) is 11.6 Å². The first kappa shape index (κ1) is 25.9. The highest BCUT2D eigenvalue weighted by molar-refractivity contribution is 8.03. The SMILES string of the molecule is CC(C)(Sc1nc(CCN(c2ccc(Cl)nc2)S(=O)(=O)c2ccccc2[N+](=O)[O-])cs1)C(=O)O. The van der Waals surface area contributed by atoms with Crippen LogP contribution >= 0.6 is 34.7 Å². The zero-order chi connectivity index (χ0) is 25.1. The number of carbonyl (C=O) groups is 1. The minimum atomic E-state index is -4.34. The van der Waals surface area contributed by atoms with Crippen LogP contribution in [0.1, 0.15) is 19.5 Å². The Balaban J connectivity index is 1.93. The van der Waals surface area contributed by atoms with Crippen molar-refractivity contribution in [1.82, 2.24) is 9.97 Å². The highest BCUT2D eigenvalue weighted by Crippen LogP contribution is 2.35. The number of nitro groups is 1. The average Bonchev–Trinajstić information content (AvgIpc) is 3.21. The van der Waals surface area contributed by atoms with Crippen molar-refractivity contribution in [2.75, 3.05) is 10.8 Å². The number of benzene rings is 1. The fourth-order valence-electron chi connectivity index (χ4n) is 2.78. The van der Waals surface area contributed by atoms with Crippen LogP contribution < -0.4 is 4.31 Å². The molecule has 1 aromatic carbocycles. The Hall–Kier alpha value is -2.74. The third-order valence-corrected chi connectivity index (χ3v) is 8.86. The molecule has 0 bridgehead atoms. The maximum Gasteiger partial charge on any atom is 0.319 e. The Labute approximate surface area is 208 Å². The number of aliphatic carboxylic acids is 1. The summed E-state index contributed by atoms with van der Waals surface area (Å²) in [7, 11) is -4.34. The number of thioether (sulfide) groups is 1. The van der Waals surface area contributed by atoms with E-state index in [0.29, 0.717) is 10.0 Å². The van der Waals surface area contributed by atoms with E-state index in [1.165, 1.54) is 47.9 Å². The number of carboxylic acid groups (broad SMARTS) is 1. The van der Waals surface area contributed by atoms with E-state index < -0.39 is 36.2 Å². The minimum absolute atomic E-state index is 0.0894. The van der Waals surface area contributed by atoms with Crippen LogP contribution in [-0.4, -0.2) is 45.7 Å². The van der Waals surface area contributed by atoms with Crippen LogP contribution in [0.3, 0.4) is 0 Å². The Kier molecular flexibility index (Phi) is 7.81. The average molecular weight is 543 g/mol. The van der Waals surface area contributed by atoms with Gasteiger partial charge in [0.2, 0.25) is 0 Å². The number of para-hydroxylation sites is 1. The summed E-state index contributed by atoms with van der Waals surface area (Å²) in [6, 6.07) is 7.98. The number of hydrogen-bond donors (Lipinski definition) is 1. The molecule has 0 spiro atoms. The quantitative estimate of drug-likeness (QED) is 0.169. The summed E-state index contributed by atoms with van der Waals surface area (Å²) in [6.45, 7) is 3.04. The highest BCUT2D eigenvalue weighted by atomic mass is 35.5. The van der Waals surface area contributed by atoms with Crippen LogP contribution in [0.4, 0.5) is 11.4 Å². The predicted octanol–water partition coefficient (Wildman–Crippen LogP) is 4.49. The normalized spacial score (nSPS) is 11.9. The van der Waals surface area contributed by atoms with Gasteiger partial charge in [-0.25, -0.2) is 18.4 Å². The lowest BCUT2D eigenvalue weighted by Gasteiger charge is -2.24. The lowest BCUT2D eigenvalue weighted by atomic mass is 10.2. The molecule has 10 nitrogen and oxygen atoms in total. The second-order valence-electron chi connectivity index (χ2n) is 7.41. The van der Waals surface area contributed by atoms with E-state index in [-0.39, 0.29) is 23.8 Å². The molecule has 0 fully saturated rings. The molecule has 3 rings (SSSR count). The van der Waals surface area contributed by atoms with Gasteiger partial charge in [-0.1, -0.05) is 35.5 Å². The van der Waals surface area contributed by atoms with Crippen LogP contribution in [0.2, 0.25) is 5.15 Å². The summed E-state index contributed by atoms with van der Waals surface area (Å²) in [5.41, 5.74) is 0.190. The van der Waals surface area contributed by atoms with Crippen LogP contribution in [0.5, 0.6) is 0 Å². The molecule has 0 amide bonds. The third kappa shape index (κ3) is 5.84. The predicted molar refractivity (Wildman–Crippen MR) is 130 cm³/mol. The van der Waals surface area contributed by atoms with Gasteiger partial charge in [-0.2, -0.15) is 0 Å². The number of pyridine rings is 1. The largest absolute Gasteiger partial charge is 0.480 e. The van der Waals surface area contributed by atoms with Gasteiger partial charge < -0.3 is 5.11 Å². The number of nitrogens with zero attached hydrogens (tertiary/aromatic N) is 4. The molecule has 2 heterocycles. The minimum Gasteiger partial charge on any atom is -0.480 e. The molecule has 180 valence electrons. The number of anilines is 1. The molecular formula is C20H19ClN4O6S3. The first-order valence-electron chi connectivity index (χ1n) is 9.66. The highest BCUT2D eigenvalue weighted by Gasteiger charge is 2.33. The van der Waals surface area contributed by atoms with Gasteiger partial charge in [-0.05, 0) is 32.0 Å². The lowest BCUT2D eigenvalue weighted by Crippen LogP contribution is -2.33. The molecule has 0 aliphatic carbocycles. The van der Waals surface area contributed by atoms with E-state index in [1.54, 1.807) is 19.2 Å². The van der Waals surface area contributed by atoms with Crippen LogP contribution in [-0.2, 0) is 21.2 Å². The molecule has 0 saturated carbocycles. The van der Waals surface area contributed by atoms with Crippen molar-refractivity contribution >= 4 is 62.1 Å². The second-order valence-corrected chi connectivity index (χ2v) is 12.4. The van der Waals surface area contributed by atoms with Gasteiger partial charge in [0.05, 0.1) is 22.5 Å². The molecule has 0 radical (unpaired) electrons. The number of thiazole rings is 1. The topological polar surface area (TPSA) is 144 Å². The number of carboxylic acids is 1. The van der Waals surface area contributed by atoms with Gasteiger partial charge in [0.1, 0.15) is 9.90 Å². The van der Waals surface area contributed by atoms with Crippen molar-refractivity contribution in [3.63, 3.8) is 0 Å². The monoisotopic (exact) mass is 542 g/mol. The van der Waals surface area contributed by atoms with Crippen LogP contribution in [0, 0.1) is 10.1 Å². The Bertz CT molecular complexity index is 1310. The van der Waals surface area contributed by atoms with Crippen molar-refractivity contribution in [3.05, 3.63) is 68.9 Å². The summed E-state index contributed by atoms with van der Waals surface area (Å²) in [4.78, 5) is 30.0. The molecule has 3 aromatic rings. The molecule has 0 unspecified atom stereocenters. The summed E-state index contributed by atoms with van der Waals surface area (Å²) in [6.07, 6.45) is 1.44. The summed E-state index contributed by atoms with van der Waals surface area (Å²) >= 11 is 8.19. The van der Waals surface area contributed by atoms with Gasteiger partial charge >= 0.3 is 5.97 Å². The Morgan fingerprint density at radius 1 is 1.29 bits per heavy atom. The molecule has 0 aliphatic heterocycles. The number of sulfonamides is 1. The van der Waals surface area contributed by atoms with Crippen LogP contribution in [0.15, 0.2) is 57.2 Å². The van der Waals surface area contributed by atoms with E-state index in [2.05, 4.69) is 9.97 Å². The molecule has 14 heteroatoms. The summed E-state index contributed by atoms with van der Waals surface area (Å²) < 4.78 is 27.5. The number of nitro benzene ring substituents is 1. The zero-order valence-electron chi connectivity index (χ0n) is 17.9. The molecule has 34 heavy (non-hydrogen) atoms. The van der Waals surface area contributed by atoms with Gasteiger partial charge in [0.15, 0.2) is 9.24 Å². The molecule has 2 aromatic heterocycles. The van der Waals surface area contributed by atoms with Crippen molar-refractivity contribution < 1.29 is 23.2 Å². The maximum atomic E-state index is 13.5. The van der Waals surface area contributed by atoms with Gasteiger partial charge in [-0.3, -0.25) is 19.2 Å². The molecule has 0 saturated heterocycles. The summed E-state index contributed by atoms with van der Waals surface area (Å²) in [5.74, 6) is -0.980. The van der Waals surface area contributed by atoms with E-state index in [0.717, 1.165) is 22.1 Å². The smallest absolute Gasteiger partial charge is 0.319 e. The van der Waals surface area contributed by atoms with Gasteiger partial charge in [0.25, 0.3) is 15.7 Å². The van der Waals surface area contributed by atoms with Gasteiger partial charge in [-0.15, -0.1) is 11.3 Å². The third-order valence-electron chi connectivity index (χ3n) is 4.59. The van der Waals surface area contributed by atoms with Crippen molar-refractivity contribution in [2.24, 2.45) is 0 Å². The molecule has 0 atom stereocenters. The Morgan fingerprint density at radius 3 is 2.62 bits per heavy atom. The fraction of sp³-hybridized carbons (Fsp3) is 0.250. The molecule has 1 N–H and O–H groups in total. The van der Waals surface area contributed by atoms with Crippen LogP contribution in [0.25, 0.3) is 0 Å². The second kappa shape index (κ2) is 10.3.